The Morgan fingerprint density at radius 3 is 2.97 bits per heavy atom. The normalized spacial score (nSPS) is 28.0. The van der Waals surface area contributed by atoms with Gasteiger partial charge in [0.2, 0.25) is 0 Å². The SMILES string of the molecule is C[C@@H]1CN(c2ccc(C#N)c3ncccc23)C[C@H](C(=O)N2CCC3(CCNC3)C2)O1.Cl. The van der Waals surface area contributed by atoms with Crippen LogP contribution in [0.4, 0.5) is 5.69 Å². The van der Waals surface area contributed by atoms with Gasteiger partial charge in [-0.25, -0.2) is 0 Å². The van der Waals surface area contributed by atoms with E-state index in [1.165, 1.54) is 0 Å². The summed E-state index contributed by atoms with van der Waals surface area (Å²) < 4.78 is 6.10. The van der Waals surface area contributed by atoms with Crippen molar-refractivity contribution in [3.05, 3.63) is 36.0 Å². The van der Waals surface area contributed by atoms with Crippen molar-refractivity contribution in [2.45, 2.75) is 32.0 Å². The first-order valence-corrected chi connectivity index (χ1v) is 10.8. The summed E-state index contributed by atoms with van der Waals surface area (Å²) in [6.07, 6.45) is 3.40. The van der Waals surface area contributed by atoms with Crippen molar-refractivity contribution in [2.75, 3.05) is 44.2 Å². The van der Waals surface area contributed by atoms with Crippen LogP contribution in [0.15, 0.2) is 30.5 Å². The lowest BCUT2D eigenvalue weighted by Gasteiger charge is -2.39. The van der Waals surface area contributed by atoms with E-state index in [1.807, 2.05) is 36.1 Å². The van der Waals surface area contributed by atoms with Crippen LogP contribution in [-0.4, -0.2) is 67.3 Å². The van der Waals surface area contributed by atoms with Gasteiger partial charge < -0.3 is 19.9 Å². The number of fused-ring (bicyclic) bond motifs is 1. The van der Waals surface area contributed by atoms with Gasteiger partial charge in [-0.2, -0.15) is 5.26 Å². The Kier molecular flexibility index (Phi) is 6.07. The molecule has 3 aliphatic heterocycles. The molecule has 5 rings (SSSR count). The summed E-state index contributed by atoms with van der Waals surface area (Å²) >= 11 is 0. The lowest BCUT2D eigenvalue weighted by molar-refractivity contribution is -0.147. The molecule has 3 fully saturated rings. The first kappa shape index (κ1) is 21.8. The molecular weight excluding hydrogens is 414 g/mol. The maximum atomic E-state index is 13.3. The molecule has 3 atom stereocenters. The topological polar surface area (TPSA) is 81.5 Å². The monoisotopic (exact) mass is 441 g/mol. The Bertz CT molecular complexity index is 1020. The fourth-order valence-electron chi connectivity index (χ4n) is 5.28. The van der Waals surface area contributed by atoms with Gasteiger partial charge in [0.25, 0.3) is 5.91 Å². The van der Waals surface area contributed by atoms with Gasteiger partial charge in [0.1, 0.15) is 6.07 Å². The van der Waals surface area contributed by atoms with Crippen molar-refractivity contribution < 1.29 is 9.53 Å². The van der Waals surface area contributed by atoms with E-state index in [4.69, 9.17) is 4.74 Å². The quantitative estimate of drug-likeness (QED) is 0.770. The molecule has 4 heterocycles. The summed E-state index contributed by atoms with van der Waals surface area (Å²) in [5, 5.41) is 13.8. The Morgan fingerprint density at radius 2 is 2.19 bits per heavy atom. The van der Waals surface area contributed by atoms with Gasteiger partial charge in [-0.15, -0.1) is 12.4 Å². The zero-order valence-electron chi connectivity index (χ0n) is 17.7. The van der Waals surface area contributed by atoms with Crippen LogP contribution < -0.4 is 10.2 Å². The predicted molar refractivity (Wildman–Crippen MR) is 121 cm³/mol. The van der Waals surface area contributed by atoms with Crippen LogP contribution in [0.2, 0.25) is 0 Å². The number of anilines is 1. The van der Waals surface area contributed by atoms with Gasteiger partial charge in [-0.3, -0.25) is 9.78 Å². The van der Waals surface area contributed by atoms with Crippen LogP contribution in [0.3, 0.4) is 0 Å². The van der Waals surface area contributed by atoms with Gasteiger partial charge in [0, 0.05) is 48.9 Å². The van der Waals surface area contributed by atoms with E-state index in [9.17, 15) is 10.1 Å². The minimum absolute atomic E-state index is 0. The molecule has 1 N–H and O–H groups in total. The lowest BCUT2D eigenvalue weighted by Crippen LogP contribution is -2.53. The molecule has 3 saturated heterocycles. The molecule has 1 unspecified atom stereocenters. The van der Waals surface area contributed by atoms with Crippen LogP contribution in [0, 0.1) is 16.7 Å². The second-order valence-corrected chi connectivity index (χ2v) is 8.92. The summed E-state index contributed by atoms with van der Waals surface area (Å²) in [5.74, 6) is 0.103. The molecule has 164 valence electrons. The minimum atomic E-state index is -0.472. The average molecular weight is 442 g/mol. The highest BCUT2D eigenvalue weighted by Crippen LogP contribution is 2.37. The first-order chi connectivity index (χ1) is 14.6. The molecule has 3 aliphatic rings. The summed E-state index contributed by atoms with van der Waals surface area (Å²) in [6.45, 7) is 6.94. The van der Waals surface area contributed by atoms with Crippen molar-refractivity contribution >= 4 is 34.9 Å². The highest BCUT2D eigenvalue weighted by Gasteiger charge is 2.44. The fraction of sp³-hybridized carbons (Fsp3) is 0.522. The van der Waals surface area contributed by atoms with Crippen LogP contribution in [0.5, 0.6) is 0 Å². The third-order valence-corrected chi connectivity index (χ3v) is 6.83. The summed E-state index contributed by atoms with van der Waals surface area (Å²) in [7, 11) is 0. The number of carbonyl (C=O) groups is 1. The van der Waals surface area contributed by atoms with Crippen molar-refractivity contribution in [3.8, 4) is 6.07 Å². The van der Waals surface area contributed by atoms with Gasteiger partial charge in [-0.1, -0.05) is 0 Å². The highest BCUT2D eigenvalue weighted by molar-refractivity contribution is 5.95. The average Bonchev–Trinajstić information content (AvgIpc) is 3.41. The second kappa shape index (κ2) is 8.62. The molecular formula is C23H28ClN5O2. The summed E-state index contributed by atoms with van der Waals surface area (Å²) in [4.78, 5) is 22.0. The molecule has 31 heavy (non-hydrogen) atoms. The number of hydrogen-bond donors (Lipinski definition) is 1. The van der Waals surface area contributed by atoms with Crippen LogP contribution >= 0.6 is 12.4 Å². The number of nitrogens with one attached hydrogen (secondary N) is 1. The highest BCUT2D eigenvalue weighted by atomic mass is 35.5. The van der Waals surface area contributed by atoms with E-state index in [-0.39, 0.29) is 29.8 Å². The number of morpholine rings is 1. The number of ether oxygens (including phenoxy) is 1. The van der Waals surface area contributed by atoms with Crippen molar-refractivity contribution in [1.82, 2.24) is 15.2 Å². The molecule has 1 aromatic heterocycles. The molecule has 0 aliphatic carbocycles. The van der Waals surface area contributed by atoms with Crippen molar-refractivity contribution in [2.24, 2.45) is 5.41 Å². The number of pyridine rings is 1. The van der Waals surface area contributed by atoms with Gasteiger partial charge in [-0.05, 0) is 50.6 Å². The van der Waals surface area contributed by atoms with Crippen molar-refractivity contribution in [1.29, 1.82) is 5.26 Å². The number of carbonyl (C=O) groups excluding carboxylic acids is 1. The fourth-order valence-corrected chi connectivity index (χ4v) is 5.28. The second-order valence-electron chi connectivity index (χ2n) is 8.92. The molecule has 0 saturated carbocycles. The van der Waals surface area contributed by atoms with Crippen LogP contribution in [0.1, 0.15) is 25.3 Å². The predicted octanol–water partition coefficient (Wildman–Crippen LogP) is 2.33. The largest absolute Gasteiger partial charge is 0.365 e. The van der Waals surface area contributed by atoms with E-state index >= 15 is 0 Å². The first-order valence-electron chi connectivity index (χ1n) is 10.8. The number of halogens is 1. The van der Waals surface area contributed by atoms with Gasteiger partial charge >= 0.3 is 0 Å². The zero-order valence-corrected chi connectivity index (χ0v) is 18.5. The molecule has 0 radical (unpaired) electrons. The Morgan fingerprint density at radius 1 is 1.32 bits per heavy atom. The molecule has 0 bridgehead atoms. The van der Waals surface area contributed by atoms with Crippen molar-refractivity contribution in [3.63, 3.8) is 0 Å². The van der Waals surface area contributed by atoms with E-state index in [1.54, 1.807) is 6.20 Å². The Labute approximate surface area is 188 Å². The Balaban J connectivity index is 0.00000231. The number of aromatic nitrogens is 1. The smallest absolute Gasteiger partial charge is 0.253 e. The van der Waals surface area contributed by atoms with E-state index in [0.29, 0.717) is 24.2 Å². The molecule has 1 amide bonds. The summed E-state index contributed by atoms with van der Waals surface area (Å²) in [5.41, 5.74) is 2.53. The maximum absolute atomic E-state index is 13.3. The van der Waals surface area contributed by atoms with E-state index < -0.39 is 6.10 Å². The number of benzene rings is 1. The van der Waals surface area contributed by atoms with E-state index in [2.05, 4.69) is 21.3 Å². The Hall–Kier alpha value is -2.40. The number of nitriles is 1. The molecule has 1 aromatic carbocycles. The number of likely N-dealkylation sites (tertiary alicyclic amines) is 1. The van der Waals surface area contributed by atoms with Crippen LogP contribution in [-0.2, 0) is 9.53 Å². The number of amides is 1. The standard InChI is InChI=1S/C23H27N5O2.ClH/c1-16-12-28(19-5-4-17(11-24)21-18(19)3-2-8-26-21)13-20(30-16)22(29)27-10-7-23(15-27)6-9-25-14-23;/h2-5,8,16,20,25H,6-7,9-10,12-15H2,1H3;1H/t16-,20-,23?;/m1./s1. The summed E-state index contributed by atoms with van der Waals surface area (Å²) in [6, 6.07) is 9.89. The lowest BCUT2D eigenvalue weighted by atomic mass is 9.86. The third-order valence-electron chi connectivity index (χ3n) is 6.83. The minimum Gasteiger partial charge on any atom is -0.365 e. The maximum Gasteiger partial charge on any atom is 0.253 e. The zero-order chi connectivity index (χ0) is 20.7. The molecule has 8 heteroatoms. The number of nitrogens with zero attached hydrogens (tertiary/aromatic N) is 4. The molecule has 2 aromatic rings. The van der Waals surface area contributed by atoms with E-state index in [0.717, 1.165) is 50.1 Å². The van der Waals surface area contributed by atoms with Gasteiger partial charge in [0.15, 0.2) is 6.10 Å². The number of rotatable bonds is 2. The molecule has 7 nitrogen and oxygen atoms in total. The van der Waals surface area contributed by atoms with Crippen LogP contribution in [0.25, 0.3) is 10.9 Å². The van der Waals surface area contributed by atoms with Gasteiger partial charge in [0.05, 0.1) is 23.7 Å². The molecule has 1 spiro atoms. The number of hydrogen-bond acceptors (Lipinski definition) is 6. The third kappa shape index (κ3) is 3.96.